The average molecular weight is 182 g/mol. The number of ether oxygens (including phenoxy) is 1. The van der Waals surface area contributed by atoms with E-state index in [-0.39, 0.29) is 0 Å². The Labute approximate surface area is 81.9 Å². The van der Waals surface area contributed by atoms with Crippen LogP contribution in [0.4, 0.5) is 0 Å². The van der Waals surface area contributed by atoms with Crippen LogP contribution in [-0.4, -0.2) is 12.2 Å². The predicted octanol–water partition coefficient (Wildman–Crippen LogP) is 3.53. The summed E-state index contributed by atoms with van der Waals surface area (Å²) in [5.74, 6) is 0.951. The summed E-state index contributed by atoms with van der Waals surface area (Å²) >= 11 is 0. The van der Waals surface area contributed by atoms with Gasteiger partial charge < -0.3 is 4.74 Å². The van der Waals surface area contributed by atoms with Crippen LogP contribution in [0.1, 0.15) is 58.3 Å². The minimum absolute atomic E-state index is 0.331. The van der Waals surface area contributed by atoms with E-state index in [1.54, 1.807) is 0 Å². The zero-order valence-corrected chi connectivity index (χ0v) is 8.85. The lowest BCUT2D eigenvalue weighted by atomic mass is 9.74. The number of hydrogen-bond donors (Lipinski definition) is 0. The van der Waals surface area contributed by atoms with Gasteiger partial charge in [0.2, 0.25) is 0 Å². The van der Waals surface area contributed by atoms with E-state index in [1.807, 2.05) is 0 Å². The molecule has 0 aromatic carbocycles. The first kappa shape index (κ1) is 9.51. The molecule has 1 heterocycles. The lowest BCUT2D eigenvalue weighted by Crippen LogP contribution is -2.40. The van der Waals surface area contributed by atoms with Crippen molar-refractivity contribution in [1.82, 2.24) is 0 Å². The van der Waals surface area contributed by atoms with E-state index < -0.39 is 0 Å². The van der Waals surface area contributed by atoms with Crippen LogP contribution in [0.15, 0.2) is 0 Å². The van der Waals surface area contributed by atoms with Gasteiger partial charge in [0.05, 0.1) is 5.60 Å². The lowest BCUT2D eigenvalue weighted by Gasteiger charge is -2.43. The summed E-state index contributed by atoms with van der Waals surface area (Å²) in [5, 5.41) is 0. The molecule has 0 N–H and O–H groups in total. The maximum absolute atomic E-state index is 6.04. The van der Waals surface area contributed by atoms with Crippen LogP contribution in [0, 0.1) is 5.92 Å². The largest absolute Gasteiger partial charge is 0.375 e. The quantitative estimate of drug-likeness (QED) is 0.603. The highest BCUT2D eigenvalue weighted by atomic mass is 16.5. The molecule has 0 aromatic rings. The smallest absolute Gasteiger partial charge is 0.0685 e. The standard InChI is InChI=1S/C12H22O/c1-2-11-6-5-8-12(10-11)7-3-4-9-13-12/h11H,2-10H2,1H3. The van der Waals surface area contributed by atoms with Crippen LogP contribution in [0.5, 0.6) is 0 Å². The van der Waals surface area contributed by atoms with Gasteiger partial charge in [-0.25, -0.2) is 0 Å². The van der Waals surface area contributed by atoms with Crippen molar-refractivity contribution < 1.29 is 4.74 Å². The molecule has 13 heavy (non-hydrogen) atoms. The molecule has 1 spiro atoms. The van der Waals surface area contributed by atoms with Gasteiger partial charge in [0, 0.05) is 6.61 Å². The first-order valence-corrected chi connectivity index (χ1v) is 5.99. The molecule has 2 rings (SSSR count). The van der Waals surface area contributed by atoms with Crippen LogP contribution >= 0.6 is 0 Å². The van der Waals surface area contributed by atoms with Crippen molar-refractivity contribution in [1.29, 1.82) is 0 Å². The Morgan fingerprint density at radius 1 is 1.23 bits per heavy atom. The van der Waals surface area contributed by atoms with Crippen molar-refractivity contribution in [3.8, 4) is 0 Å². The van der Waals surface area contributed by atoms with Crippen molar-refractivity contribution in [2.75, 3.05) is 6.61 Å². The van der Waals surface area contributed by atoms with E-state index in [9.17, 15) is 0 Å². The molecule has 2 aliphatic rings. The molecular formula is C12H22O. The first-order chi connectivity index (χ1) is 6.35. The summed E-state index contributed by atoms with van der Waals surface area (Å²) in [6.07, 6.45) is 10.9. The summed E-state index contributed by atoms with van der Waals surface area (Å²) in [5.41, 5.74) is 0.331. The Hall–Kier alpha value is -0.0400. The van der Waals surface area contributed by atoms with Gasteiger partial charge in [0.25, 0.3) is 0 Å². The van der Waals surface area contributed by atoms with Crippen LogP contribution in [0.2, 0.25) is 0 Å². The first-order valence-electron chi connectivity index (χ1n) is 5.99. The maximum atomic E-state index is 6.04. The second-order valence-corrected chi connectivity index (χ2v) is 4.86. The lowest BCUT2D eigenvalue weighted by molar-refractivity contribution is -0.111. The van der Waals surface area contributed by atoms with Crippen molar-refractivity contribution in [3.63, 3.8) is 0 Å². The molecule has 1 saturated carbocycles. The van der Waals surface area contributed by atoms with E-state index in [4.69, 9.17) is 4.74 Å². The molecule has 2 atom stereocenters. The van der Waals surface area contributed by atoms with Gasteiger partial charge in [-0.2, -0.15) is 0 Å². The molecule has 2 unspecified atom stereocenters. The van der Waals surface area contributed by atoms with Crippen LogP contribution in [0.3, 0.4) is 0 Å². The van der Waals surface area contributed by atoms with E-state index in [0.717, 1.165) is 12.5 Å². The van der Waals surface area contributed by atoms with E-state index in [1.165, 1.54) is 51.4 Å². The highest BCUT2D eigenvalue weighted by Crippen LogP contribution is 2.41. The van der Waals surface area contributed by atoms with Crippen LogP contribution in [-0.2, 0) is 4.74 Å². The Bertz CT molecular complexity index is 153. The fourth-order valence-corrected chi connectivity index (χ4v) is 3.06. The van der Waals surface area contributed by atoms with Crippen molar-refractivity contribution in [2.24, 2.45) is 5.92 Å². The van der Waals surface area contributed by atoms with Crippen LogP contribution < -0.4 is 0 Å². The number of rotatable bonds is 1. The van der Waals surface area contributed by atoms with Crippen molar-refractivity contribution in [3.05, 3.63) is 0 Å². The van der Waals surface area contributed by atoms with Gasteiger partial charge in [-0.15, -0.1) is 0 Å². The molecule has 0 amide bonds. The summed E-state index contributed by atoms with van der Waals surface area (Å²) in [6.45, 7) is 3.35. The topological polar surface area (TPSA) is 9.23 Å². The molecule has 1 aliphatic carbocycles. The van der Waals surface area contributed by atoms with Gasteiger partial charge >= 0.3 is 0 Å². The molecule has 0 aromatic heterocycles. The fourth-order valence-electron chi connectivity index (χ4n) is 3.06. The third-order valence-corrected chi connectivity index (χ3v) is 3.92. The van der Waals surface area contributed by atoms with Gasteiger partial charge in [0.15, 0.2) is 0 Å². The van der Waals surface area contributed by atoms with E-state index in [0.29, 0.717) is 5.60 Å². The van der Waals surface area contributed by atoms with E-state index in [2.05, 4.69) is 6.92 Å². The molecule has 76 valence electrons. The molecule has 0 radical (unpaired) electrons. The highest BCUT2D eigenvalue weighted by molar-refractivity contribution is 4.89. The summed E-state index contributed by atoms with van der Waals surface area (Å²) in [4.78, 5) is 0. The summed E-state index contributed by atoms with van der Waals surface area (Å²) in [7, 11) is 0. The average Bonchev–Trinajstić information content (AvgIpc) is 2.19. The zero-order valence-electron chi connectivity index (χ0n) is 8.85. The monoisotopic (exact) mass is 182 g/mol. The molecule has 0 bridgehead atoms. The van der Waals surface area contributed by atoms with Gasteiger partial charge in [-0.3, -0.25) is 0 Å². The second-order valence-electron chi connectivity index (χ2n) is 4.86. The molecule has 1 aliphatic heterocycles. The van der Waals surface area contributed by atoms with Gasteiger partial charge in [0.1, 0.15) is 0 Å². The third kappa shape index (κ3) is 2.07. The Kier molecular flexibility index (Phi) is 2.92. The molecule has 1 nitrogen and oxygen atoms in total. The molecule has 1 saturated heterocycles. The zero-order chi connectivity index (χ0) is 9.15. The van der Waals surface area contributed by atoms with Gasteiger partial charge in [-0.05, 0) is 38.0 Å². The third-order valence-electron chi connectivity index (χ3n) is 3.92. The summed E-state index contributed by atoms with van der Waals surface area (Å²) in [6, 6.07) is 0. The van der Waals surface area contributed by atoms with E-state index >= 15 is 0 Å². The summed E-state index contributed by atoms with van der Waals surface area (Å²) < 4.78 is 6.04. The molecular weight excluding hydrogens is 160 g/mol. The molecule has 1 heteroatoms. The second kappa shape index (κ2) is 4.00. The Morgan fingerprint density at radius 2 is 2.08 bits per heavy atom. The fraction of sp³-hybridized carbons (Fsp3) is 1.00. The Balaban J connectivity index is 1.95. The maximum Gasteiger partial charge on any atom is 0.0685 e. The number of hydrogen-bond acceptors (Lipinski definition) is 1. The van der Waals surface area contributed by atoms with Crippen molar-refractivity contribution >= 4 is 0 Å². The SMILES string of the molecule is CCC1CCCC2(CCCCO2)C1. The van der Waals surface area contributed by atoms with Crippen molar-refractivity contribution in [2.45, 2.75) is 63.9 Å². The Morgan fingerprint density at radius 3 is 2.77 bits per heavy atom. The normalized spacial score (nSPS) is 40.8. The minimum Gasteiger partial charge on any atom is -0.375 e. The highest BCUT2D eigenvalue weighted by Gasteiger charge is 2.37. The predicted molar refractivity (Wildman–Crippen MR) is 54.8 cm³/mol. The van der Waals surface area contributed by atoms with Crippen LogP contribution in [0.25, 0.3) is 0 Å². The minimum atomic E-state index is 0.331. The van der Waals surface area contributed by atoms with Gasteiger partial charge in [-0.1, -0.05) is 26.2 Å². The molecule has 2 fully saturated rings.